The zero-order valence-corrected chi connectivity index (χ0v) is 21.1. The number of hydrogen-bond donors (Lipinski definition) is 1. The number of benzene rings is 1. The Morgan fingerprint density at radius 1 is 1.11 bits per heavy atom. The summed E-state index contributed by atoms with van der Waals surface area (Å²) in [6.45, 7) is 3.69. The van der Waals surface area contributed by atoms with Gasteiger partial charge < -0.3 is 14.6 Å². The molecule has 37 heavy (non-hydrogen) atoms. The molecular weight excluding hydrogens is 510 g/mol. The third kappa shape index (κ3) is 4.86. The van der Waals surface area contributed by atoms with Crippen molar-refractivity contribution in [1.29, 1.82) is 0 Å². The lowest BCUT2D eigenvalue weighted by atomic mass is 9.80. The Hall–Kier alpha value is -2.92. The van der Waals surface area contributed by atoms with Crippen LogP contribution in [0.5, 0.6) is 0 Å². The summed E-state index contributed by atoms with van der Waals surface area (Å²) >= 11 is 0.638. The van der Waals surface area contributed by atoms with Crippen LogP contribution >= 0.6 is 11.3 Å². The van der Waals surface area contributed by atoms with Gasteiger partial charge in [0, 0.05) is 22.5 Å². The summed E-state index contributed by atoms with van der Waals surface area (Å²) in [6.07, 6.45) is -2.99. The maximum atomic E-state index is 15.0. The molecule has 11 heteroatoms. The molecule has 6 nitrogen and oxygen atoms in total. The van der Waals surface area contributed by atoms with Gasteiger partial charge in [0.1, 0.15) is 10.7 Å². The molecule has 0 aliphatic carbocycles. The minimum absolute atomic E-state index is 0.0788. The van der Waals surface area contributed by atoms with Crippen molar-refractivity contribution in [3.8, 4) is 0 Å². The number of rotatable bonds is 5. The second-order valence-electron chi connectivity index (χ2n) is 10.1. The highest BCUT2D eigenvalue weighted by molar-refractivity contribution is 7.12. The molecule has 0 saturated carbocycles. The minimum atomic E-state index is -4.44. The Labute approximate surface area is 215 Å². The summed E-state index contributed by atoms with van der Waals surface area (Å²) in [6, 6.07) is 7.23. The van der Waals surface area contributed by atoms with E-state index in [-0.39, 0.29) is 25.5 Å². The standard InChI is InChI=1S/C26H27F4N3O3S/c1-25(24(35)36)8-11-31(12-9-25)15-22(34)32-10-7-17-18-3-2-4-19(27)23(18)33(20(17)14-32)13-16-5-6-21(37-16)26(28,29)30/h2-6H,7-15H2,1H3,(H,35,36). The van der Waals surface area contributed by atoms with E-state index in [1.807, 2.05) is 11.0 Å². The molecule has 0 radical (unpaired) electrons. The number of carboxylic acids is 1. The molecule has 0 spiro atoms. The molecule has 2 aliphatic rings. The molecule has 1 amide bonds. The number of carboxylic acid groups (broad SMARTS) is 1. The average molecular weight is 538 g/mol. The minimum Gasteiger partial charge on any atom is -0.481 e. The van der Waals surface area contributed by atoms with E-state index in [0.29, 0.717) is 60.6 Å². The van der Waals surface area contributed by atoms with E-state index in [0.717, 1.165) is 22.7 Å². The lowest BCUT2D eigenvalue weighted by molar-refractivity contribution is -0.151. The number of para-hydroxylation sites is 1. The summed E-state index contributed by atoms with van der Waals surface area (Å²) in [5, 5.41) is 10.2. The van der Waals surface area contributed by atoms with Gasteiger partial charge in [-0.15, -0.1) is 11.3 Å². The van der Waals surface area contributed by atoms with Crippen molar-refractivity contribution in [3.63, 3.8) is 0 Å². The Kier molecular flexibility index (Phi) is 6.56. The monoisotopic (exact) mass is 537 g/mol. The first kappa shape index (κ1) is 25.7. The molecule has 2 aliphatic heterocycles. The molecule has 0 atom stereocenters. The molecular formula is C26H27F4N3O3S. The zero-order chi connectivity index (χ0) is 26.5. The molecule has 1 N–H and O–H groups in total. The van der Waals surface area contributed by atoms with E-state index in [4.69, 9.17) is 0 Å². The van der Waals surface area contributed by atoms with Crippen LogP contribution in [0.3, 0.4) is 0 Å². The third-order valence-corrected chi connectivity index (χ3v) is 8.79. The first-order chi connectivity index (χ1) is 17.5. The first-order valence-electron chi connectivity index (χ1n) is 12.1. The van der Waals surface area contributed by atoms with E-state index >= 15 is 0 Å². The fourth-order valence-electron chi connectivity index (χ4n) is 5.32. The predicted octanol–water partition coefficient (Wildman–Crippen LogP) is 4.98. The van der Waals surface area contributed by atoms with Crippen molar-refractivity contribution in [3.05, 3.63) is 57.2 Å². The number of hydrogen-bond acceptors (Lipinski definition) is 4. The van der Waals surface area contributed by atoms with Crippen LogP contribution in [-0.4, -0.2) is 57.5 Å². The van der Waals surface area contributed by atoms with Crippen molar-refractivity contribution in [2.45, 2.75) is 45.5 Å². The second kappa shape index (κ2) is 9.43. The second-order valence-corrected chi connectivity index (χ2v) is 11.3. The van der Waals surface area contributed by atoms with Gasteiger partial charge in [-0.05, 0) is 63.0 Å². The Morgan fingerprint density at radius 2 is 1.84 bits per heavy atom. The number of alkyl halides is 3. The molecule has 1 aromatic carbocycles. The quantitative estimate of drug-likeness (QED) is 0.467. The summed E-state index contributed by atoms with van der Waals surface area (Å²) in [7, 11) is 0. The van der Waals surface area contributed by atoms with Gasteiger partial charge in [-0.2, -0.15) is 13.2 Å². The smallest absolute Gasteiger partial charge is 0.425 e. The van der Waals surface area contributed by atoms with Gasteiger partial charge in [0.25, 0.3) is 0 Å². The number of thiophene rings is 1. The summed E-state index contributed by atoms with van der Waals surface area (Å²) in [4.78, 5) is 28.1. The highest BCUT2D eigenvalue weighted by atomic mass is 32.1. The number of fused-ring (bicyclic) bond motifs is 3. The van der Waals surface area contributed by atoms with Gasteiger partial charge in [0.2, 0.25) is 5.91 Å². The first-order valence-corrected chi connectivity index (χ1v) is 13.0. The summed E-state index contributed by atoms with van der Waals surface area (Å²) in [5.41, 5.74) is 1.21. The molecule has 0 unspecified atom stereocenters. The molecule has 1 fully saturated rings. The maximum Gasteiger partial charge on any atom is 0.425 e. The third-order valence-electron chi connectivity index (χ3n) is 7.67. The van der Waals surface area contributed by atoms with Crippen molar-refractivity contribution in [1.82, 2.24) is 14.4 Å². The van der Waals surface area contributed by atoms with Crippen molar-refractivity contribution < 1.29 is 32.3 Å². The molecule has 198 valence electrons. The Morgan fingerprint density at radius 3 is 2.49 bits per heavy atom. The lowest BCUT2D eigenvalue weighted by Crippen LogP contribution is -2.48. The molecule has 4 heterocycles. The molecule has 1 saturated heterocycles. The van der Waals surface area contributed by atoms with Crippen LogP contribution in [0.4, 0.5) is 17.6 Å². The van der Waals surface area contributed by atoms with E-state index in [9.17, 15) is 32.3 Å². The fourth-order valence-corrected chi connectivity index (χ4v) is 6.19. The number of likely N-dealkylation sites (tertiary alicyclic amines) is 1. The fraction of sp³-hybridized carbons (Fsp3) is 0.462. The molecule has 5 rings (SSSR count). The van der Waals surface area contributed by atoms with E-state index in [1.54, 1.807) is 22.5 Å². The number of piperidine rings is 1. The molecule has 2 aromatic heterocycles. The lowest BCUT2D eigenvalue weighted by Gasteiger charge is -2.37. The van der Waals surface area contributed by atoms with Gasteiger partial charge in [-0.25, -0.2) is 4.39 Å². The highest BCUT2D eigenvalue weighted by Crippen LogP contribution is 2.37. The average Bonchev–Trinajstić information content (AvgIpc) is 3.45. The van der Waals surface area contributed by atoms with Crippen molar-refractivity contribution in [2.24, 2.45) is 5.41 Å². The summed E-state index contributed by atoms with van der Waals surface area (Å²) < 4.78 is 56.2. The van der Waals surface area contributed by atoms with Crippen molar-refractivity contribution in [2.75, 3.05) is 26.2 Å². The van der Waals surface area contributed by atoms with Gasteiger partial charge in [-0.1, -0.05) is 12.1 Å². The zero-order valence-electron chi connectivity index (χ0n) is 20.3. The van der Waals surface area contributed by atoms with Gasteiger partial charge in [0.05, 0.1) is 30.6 Å². The Bertz CT molecular complexity index is 1360. The normalized spacial score (nSPS) is 18.2. The van der Waals surface area contributed by atoms with Crippen LogP contribution in [0.25, 0.3) is 10.9 Å². The number of aliphatic carboxylic acids is 1. The van der Waals surface area contributed by atoms with Crippen LogP contribution < -0.4 is 0 Å². The highest BCUT2D eigenvalue weighted by Gasteiger charge is 2.38. The van der Waals surface area contributed by atoms with Gasteiger partial charge in [-0.3, -0.25) is 14.5 Å². The predicted molar refractivity (Wildman–Crippen MR) is 131 cm³/mol. The van der Waals surface area contributed by atoms with Crippen LogP contribution in [0.1, 0.15) is 40.8 Å². The number of carbonyl (C=O) groups excluding carboxylic acids is 1. The van der Waals surface area contributed by atoms with E-state index < -0.39 is 28.3 Å². The number of aromatic nitrogens is 1. The van der Waals surface area contributed by atoms with Crippen LogP contribution in [0.2, 0.25) is 0 Å². The van der Waals surface area contributed by atoms with E-state index in [2.05, 4.69) is 0 Å². The number of halogens is 4. The van der Waals surface area contributed by atoms with E-state index in [1.165, 1.54) is 12.1 Å². The SMILES string of the molecule is CC1(C(=O)O)CCN(CC(=O)N2CCc3c(n(Cc4ccc(C(F)(F)F)s4)c4c(F)cccc34)C2)CC1. The number of nitrogens with zero attached hydrogens (tertiary/aromatic N) is 3. The van der Waals surface area contributed by atoms with Crippen LogP contribution in [-0.2, 0) is 35.3 Å². The van der Waals surface area contributed by atoms with Crippen molar-refractivity contribution >= 4 is 34.1 Å². The molecule has 3 aromatic rings. The van der Waals surface area contributed by atoms with Gasteiger partial charge in [0.15, 0.2) is 0 Å². The van der Waals surface area contributed by atoms with Gasteiger partial charge >= 0.3 is 12.1 Å². The molecule has 0 bridgehead atoms. The Balaban J connectivity index is 1.38. The van der Waals surface area contributed by atoms with Crippen LogP contribution in [0.15, 0.2) is 30.3 Å². The topological polar surface area (TPSA) is 65.8 Å². The maximum absolute atomic E-state index is 15.0. The number of amides is 1. The largest absolute Gasteiger partial charge is 0.481 e. The van der Waals surface area contributed by atoms with Crippen LogP contribution in [0, 0.1) is 11.2 Å². The summed E-state index contributed by atoms with van der Waals surface area (Å²) in [5.74, 6) is -1.38. The number of carbonyl (C=O) groups is 2.